The minimum atomic E-state index is -0.944. The van der Waals surface area contributed by atoms with Crippen molar-refractivity contribution in [2.45, 2.75) is 81.3 Å². The van der Waals surface area contributed by atoms with Gasteiger partial charge in [0.1, 0.15) is 6.07 Å². The summed E-state index contributed by atoms with van der Waals surface area (Å²) in [5, 5.41) is 9.00. The number of benzene rings is 1. The molecule has 30 heavy (non-hydrogen) atoms. The molecule has 0 N–H and O–H groups in total. The molecule has 0 aliphatic carbocycles. The fourth-order valence-corrected chi connectivity index (χ4v) is 2.31. The third-order valence-electron chi connectivity index (χ3n) is 3.86. The fourth-order valence-electron chi connectivity index (χ4n) is 2.04. The van der Waals surface area contributed by atoms with Crippen LogP contribution in [0.1, 0.15) is 79.9 Å². The van der Waals surface area contributed by atoms with E-state index in [9.17, 15) is 9.59 Å². The van der Waals surface area contributed by atoms with Crippen molar-refractivity contribution in [3.8, 4) is 6.07 Å². The van der Waals surface area contributed by atoms with E-state index in [2.05, 4.69) is 6.58 Å². The molecule has 1 atom stereocenters. The van der Waals surface area contributed by atoms with Crippen molar-refractivity contribution < 1.29 is 14.3 Å². The Labute approximate surface area is 188 Å². The smallest absolute Gasteiger partial charge is 0.334 e. The molecule has 0 saturated heterocycles. The first-order valence-electron chi connectivity index (χ1n) is 10.2. The van der Waals surface area contributed by atoms with Crippen LogP contribution in [0.4, 0.5) is 0 Å². The number of Topliss-reactive ketones (excluding diaryl/α,β-unsaturated/α-hetero) is 1. The van der Waals surface area contributed by atoms with Gasteiger partial charge in [0.25, 0.3) is 0 Å². The number of carbonyl (C=O) groups excluding carboxylic acids is 2. The molecule has 1 unspecified atom stereocenters. The van der Waals surface area contributed by atoms with Crippen LogP contribution >= 0.6 is 11.6 Å². The second-order valence-electron chi connectivity index (χ2n) is 6.26. The molecule has 1 heterocycles. The van der Waals surface area contributed by atoms with E-state index < -0.39 is 5.60 Å². The molecule has 1 aromatic carbocycles. The Morgan fingerprint density at radius 2 is 1.70 bits per heavy atom. The van der Waals surface area contributed by atoms with E-state index in [0.717, 1.165) is 11.1 Å². The van der Waals surface area contributed by atoms with Crippen LogP contribution in [0.3, 0.4) is 0 Å². The molecule has 1 aliphatic heterocycles. The summed E-state index contributed by atoms with van der Waals surface area (Å²) >= 11 is 5.71. The van der Waals surface area contributed by atoms with Crippen molar-refractivity contribution in [3.63, 3.8) is 0 Å². The highest BCUT2D eigenvalue weighted by atomic mass is 35.5. The molecular weight excluding hydrogens is 398 g/mol. The predicted molar refractivity (Wildman–Crippen MR) is 128 cm³/mol. The van der Waals surface area contributed by atoms with Gasteiger partial charge >= 0.3 is 5.97 Å². The van der Waals surface area contributed by atoms with Gasteiger partial charge in [-0.1, -0.05) is 57.0 Å². The zero-order chi connectivity index (χ0) is 24.5. The number of halogens is 1. The van der Waals surface area contributed by atoms with Crippen LogP contribution in [-0.2, 0) is 14.3 Å². The summed E-state index contributed by atoms with van der Waals surface area (Å²) in [6.45, 7) is 21.9. The van der Waals surface area contributed by atoms with Crippen LogP contribution in [-0.4, -0.2) is 17.4 Å². The molecule has 0 radical (unpaired) electrons. The van der Waals surface area contributed by atoms with Crippen molar-refractivity contribution in [2.75, 3.05) is 0 Å². The largest absolute Gasteiger partial charge is 0.448 e. The van der Waals surface area contributed by atoms with Crippen LogP contribution in [0.15, 0.2) is 42.0 Å². The Morgan fingerprint density at radius 1 is 1.23 bits per heavy atom. The lowest BCUT2D eigenvalue weighted by Gasteiger charge is -2.31. The number of nitrogens with zero attached hydrogens (tertiary/aromatic N) is 1. The predicted octanol–water partition coefficient (Wildman–Crippen LogP) is 7.38. The maximum atomic E-state index is 11.3. The number of carbonyl (C=O) groups is 2. The third kappa shape index (κ3) is 11.6. The summed E-state index contributed by atoms with van der Waals surface area (Å²) in [6, 6.07) is 7.35. The van der Waals surface area contributed by atoms with Gasteiger partial charge in [-0.3, -0.25) is 4.79 Å². The van der Waals surface area contributed by atoms with Gasteiger partial charge in [-0.15, -0.1) is 6.58 Å². The maximum absolute atomic E-state index is 11.3. The number of hydrogen-bond donors (Lipinski definition) is 0. The second-order valence-corrected chi connectivity index (χ2v) is 6.67. The minimum absolute atomic E-state index is 0.104. The monoisotopic (exact) mass is 435 g/mol. The van der Waals surface area contributed by atoms with Crippen molar-refractivity contribution in [1.29, 1.82) is 5.26 Å². The number of hydrogen-bond acceptors (Lipinski definition) is 4. The Balaban J connectivity index is -0.000000381. The minimum Gasteiger partial charge on any atom is -0.448 e. The lowest BCUT2D eigenvalue weighted by Crippen LogP contribution is -2.42. The SMILES string of the molecule is C=CC.CC.CC.CC(=O)C1(C)CC(C)=C(C)C(=O)O1.Cc1ccc(C#N)c(Cl)c1. The van der Waals surface area contributed by atoms with E-state index in [0.29, 0.717) is 22.6 Å². The van der Waals surface area contributed by atoms with Gasteiger partial charge in [-0.25, -0.2) is 4.79 Å². The fraction of sp³-hybridized carbons (Fsp3) is 0.480. The Hall–Kier alpha value is -2.38. The Kier molecular flexibility index (Phi) is 18.8. The van der Waals surface area contributed by atoms with Gasteiger partial charge in [0.2, 0.25) is 0 Å². The van der Waals surface area contributed by atoms with Gasteiger partial charge < -0.3 is 4.74 Å². The Bertz CT molecular complexity index is 760. The zero-order valence-electron chi connectivity index (χ0n) is 20.3. The van der Waals surface area contributed by atoms with Crippen LogP contribution in [0.2, 0.25) is 5.02 Å². The first-order chi connectivity index (χ1) is 14.0. The topological polar surface area (TPSA) is 67.2 Å². The normalized spacial score (nSPS) is 16.3. The lowest BCUT2D eigenvalue weighted by atomic mass is 9.88. The highest BCUT2D eigenvalue weighted by Gasteiger charge is 2.38. The first-order valence-corrected chi connectivity index (χ1v) is 10.5. The van der Waals surface area contributed by atoms with E-state index in [-0.39, 0.29) is 11.8 Å². The standard InChI is InChI=1S/C10H14O3.C8H6ClN.C3H6.2C2H6/c1-6-5-10(4,8(3)11)13-9(12)7(6)2;1-6-2-3-7(5-10)8(9)4-6;1-3-2;2*1-2/h5H2,1-4H3;2-4H,1H3;3H,1H2,2H3;2*1-2H3. The lowest BCUT2D eigenvalue weighted by molar-refractivity contribution is -0.163. The van der Waals surface area contributed by atoms with Gasteiger partial charge in [0.05, 0.1) is 10.6 Å². The second kappa shape index (κ2) is 17.5. The summed E-state index contributed by atoms with van der Waals surface area (Å²) in [5.74, 6) is -0.478. The summed E-state index contributed by atoms with van der Waals surface area (Å²) in [5.41, 5.74) is 2.23. The highest BCUT2D eigenvalue weighted by Crippen LogP contribution is 2.30. The van der Waals surface area contributed by atoms with E-state index in [1.165, 1.54) is 6.92 Å². The molecule has 0 fully saturated rings. The highest BCUT2D eigenvalue weighted by molar-refractivity contribution is 6.31. The summed E-state index contributed by atoms with van der Waals surface area (Å²) < 4.78 is 5.07. The third-order valence-corrected chi connectivity index (χ3v) is 4.17. The molecule has 0 amide bonds. The van der Waals surface area contributed by atoms with Gasteiger partial charge in [-0.05, 0) is 59.2 Å². The van der Waals surface area contributed by atoms with Crippen LogP contribution in [0, 0.1) is 18.3 Å². The van der Waals surface area contributed by atoms with E-state index in [1.807, 2.05) is 60.6 Å². The van der Waals surface area contributed by atoms with Crippen LogP contribution < -0.4 is 0 Å². The molecule has 0 saturated carbocycles. The maximum Gasteiger partial charge on any atom is 0.334 e. The number of nitriles is 1. The van der Waals surface area contributed by atoms with Crippen LogP contribution in [0.5, 0.6) is 0 Å². The van der Waals surface area contributed by atoms with Crippen molar-refractivity contribution in [2.24, 2.45) is 0 Å². The van der Waals surface area contributed by atoms with E-state index in [4.69, 9.17) is 21.6 Å². The molecule has 168 valence electrons. The average molecular weight is 436 g/mol. The Morgan fingerprint density at radius 3 is 2.03 bits per heavy atom. The summed E-state index contributed by atoms with van der Waals surface area (Å²) in [4.78, 5) is 22.5. The molecule has 4 nitrogen and oxygen atoms in total. The molecule has 1 aromatic rings. The number of esters is 1. The van der Waals surface area contributed by atoms with Crippen molar-refractivity contribution >= 4 is 23.4 Å². The van der Waals surface area contributed by atoms with Crippen LogP contribution in [0.25, 0.3) is 0 Å². The van der Waals surface area contributed by atoms with Gasteiger partial charge in [0.15, 0.2) is 11.4 Å². The molecule has 2 rings (SSSR count). The number of aryl methyl sites for hydroxylation is 1. The summed E-state index contributed by atoms with van der Waals surface area (Å²) in [7, 11) is 0. The molecule has 5 heteroatoms. The number of cyclic esters (lactones) is 1. The number of ketones is 1. The molecule has 0 bridgehead atoms. The first kappa shape index (κ1) is 32.3. The number of rotatable bonds is 1. The number of allylic oxidation sites excluding steroid dienone is 1. The number of ether oxygens (including phenoxy) is 1. The molecule has 0 aromatic heterocycles. The van der Waals surface area contributed by atoms with E-state index >= 15 is 0 Å². The quantitative estimate of drug-likeness (QED) is 0.340. The van der Waals surface area contributed by atoms with Crippen molar-refractivity contribution in [1.82, 2.24) is 0 Å². The molecule has 1 aliphatic rings. The van der Waals surface area contributed by atoms with Gasteiger partial charge in [-0.2, -0.15) is 5.26 Å². The molecule has 0 spiro atoms. The average Bonchev–Trinajstić information content (AvgIpc) is 2.70. The van der Waals surface area contributed by atoms with Crippen molar-refractivity contribution in [3.05, 3.63) is 58.1 Å². The zero-order valence-corrected chi connectivity index (χ0v) is 21.0. The van der Waals surface area contributed by atoms with E-state index in [1.54, 1.807) is 32.1 Å². The van der Waals surface area contributed by atoms with Gasteiger partial charge in [0, 0.05) is 12.0 Å². The summed E-state index contributed by atoms with van der Waals surface area (Å²) in [6.07, 6.45) is 2.26. The molecular formula is C25H38ClNO3.